The number of thioether (sulfide) groups is 1. The first kappa shape index (κ1) is 23.7. The fourth-order valence-corrected chi connectivity index (χ4v) is 4.81. The van der Waals surface area contributed by atoms with Crippen LogP contribution >= 0.6 is 11.8 Å². The molecule has 2 amide bonds. The van der Waals surface area contributed by atoms with Crippen molar-refractivity contribution in [1.82, 2.24) is 0 Å². The molecular formula is C25H22F3N3O2S. The summed E-state index contributed by atoms with van der Waals surface area (Å²) in [4.78, 5) is 28.9. The zero-order chi connectivity index (χ0) is 24.5. The summed E-state index contributed by atoms with van der Waals surface area (Å²) in [6.45, 7) is 0. The molecule has 1 saturated heterocycles. The maximum Gasteiger partial charge on any atom is 0.416 e. The predicted octanol–water partition coefficient (Wildman–Crippen LogP) is 5.80. The Kier molecular flexibility index (Phi) is 6.56. The third-order valence-corrected chi connectivity index (χ3v) is 6.63. The second-order valence-corrected chi connectivity index (χ2v) is 9.06. The molecule has 3 aromatic carbocycles. The van der Waals surface area contributed by atoms with Gasteiger partial charge in [0.15, 0.2) is 0 Å². The molecule has 0 unspecified atom stereocenters. The Morgan fingerprint density at radius 3 is 2.32 bits per heavy atom. The van der Waals surface area contributed by atoms with E-state index in [2.05, 4.69) is 5.32 Å². The van der Waals surface area contributed by atoms with Gasteiger partial charge in [0.1, 0.15) is 5.37 Å². The summed E-state index contributed by atoms with van der Waals surface area (Å²) < 4.78 is 38.3. The van der Waals surface area contributed by atoms with Crippen LogP contribution in [0.3, 0.4) is 0 Å². The molecule has 1 fully saturated rings. The fourth-order valence-electron chi connectivity index (χ4n) is 3.65. The minimum atomic E-state index is -4.46. The molecule has 0 aliphatic carbocycles. The van der Waals surface area contributed by atoms with Crippen LogP contribution in [0.2, 0.25) is 0 Å². The van der Waals surface area contributed by atoms with Crippen molar-refractivity contribution in [3.8, 4) is 0 Å². The van der Waals surface area contributed by atoms with Crippen molar-refractivity contribution in [3.63, 3.8) is 0 Å². The van der Waals surface area contributed by atoms with Gasteiger partial charge < -0.3 is 10.2 Å². The summed E-state index contributed by atoms with van der Waals surface area (Å²) in [6, 6.07) is 18.9. The van der Waals surface area contributed by atoms with E-state index in [1.807, 2.05) is 49.3 Å². The third-order valence-electron chi connectivity index (χ3n) is 5.42. The monoisotopic (exact) mass is 485 g/mol. The van der Waals surface area contributed by atoms with Crippen molar-refractivity contribution < 1.29 is 22.8 Å². The third kappa shape index (κ3) is 5.04. The van der Waals surface area contributed by atoms with Crippen LogP contribution in [0.25, 0.3) is 0 Å². The van der Waals surface area contributed by atoms with Crippen LogP contribution in [0.15, 0.2) is 72.8 Å². The lowest BCUT2D eigenvalue weighted by atomic mass is 10.1. The van der Waals surface area contributed by atoms with E-state index in [1.54, 1.807) is 23.1 Å². The molecule has 3 aromatic rings. The van der Waals surface area contributed by atoms with Crippen molar-refractivity contribution in [2.75, 3.05) is 35.0 Å². The van der Waals surface area contributed by atoms with E-state index >= 15 is 0 Å². The lowest BCUT2D eigenvalue weighted by Crippen LogP contribution is -2.27. The summed E-state index contributed by atoms with van der Waals surface area (Å²) in [7, 11) is 3.89. The van der Waals surface area contributed by atoms with Crippen LogP contribution in [0, 0.1) is 0 Å². The van der Waals surface area contributed by atoms with Crippen LogP contribution in [-0.2, 0) is 11.0 Å². The van der Waals surface area contributed by atoms with Crippen LogP contribution in [0.1, 0.15) is 26.9 Å². The Hall–Kier alpha value is -3.46. The molecule has 1 heterocycles. The number of nitrogens with one attached hydrogen (secondary N) is 1. The van der Waals surface area contributed by atoms with Gasteiger partial charge >= 0.3 is 6.18 Å². The van der Waals surface area contributed by atoms with E-state index in [-0.39, 0.29) is 16.8 Å². The van der Waals surface area contributed by atoms with E-state index in [4.69, 9.17) is 0 Å². The molecule has 34 heavy (non-hydrogen) atoms. The Bertz CT molecular complexity index is 1200. The average Bonchev–Trinajstić information content (AvgIpc) is 3.20. The van der Waals surface area contributed by atoms with Crippen LogP contribution in [0.5, 0.6) is 0 Å². The molecule has 1 N–H and O–H groups in total. The first-order valence-electron chi connectivity index (χ1n) is 10.4. The normalized spacial score (nSPS) is 16.0. The van der Waals surface area contributed by atoms with E-state index in [1.165, 1.54) is 11.8 Å². The minimum absolute atomic E-state index is 0.00760. The average molecular weight is 486 g/mol. The van der Waals surface area contributed by atoms with Gasteiger partial charge in [-0.15, -0.1) is 11.8 Å². The highest BCUT2D eigenvalue weighted by molar-refractivity contribution is 8.00. The molecule has 0 spiro atoms. The van der Waals surface area contributed by atoms with Crippen LogP contribution < -0.4 is 15.1 Å². The number of halogens is 3. The number of carbonyl (C=O) groups is 2. The molecule has 0 aromatic heterocycles. The molecule has 9 heteroatoms. The zero-order valence-corrected chi connectivity index (χ0v) is 19.3. The van der Waals surface area contributed by atoms with Gasteiger partial charge in [0.25, 0.3) is 5.91 Å². The van der Waals surface area contributed by atoms with E-state index < -0.39 is 17.6 Å². The number of nitrogens with zero attached hydrogens (tertiary/aromatic N) is 2. The summed E-state index contributed by atoms with van der Waals surface area (Å²) in [6.07, 6.45) is -4.46. The van der Waals surface area contributed by atoms with Crippen molar-refractivity contribution in [3.05, 3.63) is 89.5 Å². The van der Waals surface area contributed by atoms with Gasteiger partial charge in [0, 0.05) is 36.7 Å². The minimum Gasteiger partial charge on any atom is -0.378 e. The van der Waals surface area contributed by atoms with E-state index in [0.717, 1.165) is 41.2 Å². The van der Waals surface area contributed by atoms with Gasteiger partial charge in [-0.05, 0) is 66.2 Å². The standard InChI is InChI=1S/C25H22F3N3O2S/c1-30(2)20-10-12-21(13-11-20)31-22(32)15-34-24(31)17-4-3-5-19(14-17)29-23(33)16-6-8-18(9-7-16)25(26,27)28/h3-14,24H,15H2,1-2H3,(H,29,33)/t24-/m0/s1. The summed E-state index contributed by atoms with van der Waals surface area (Å²) in [5.74, 6) is -0.189. The van der Waals surface area contributed by atoms with Gasteiger partial charge in [-0.2, -0.15) is 13.2 Å². The van der Waals surface area contributed by atoms with E-state index in [9.17, 15) is 22.8 Å². The fraction of sp³-hybridized carbons (Fsp3) is 0.200. The lowest BCUT2D eigenvalue weighted by molar-refractivity contribution is -0.137. The van der Waals surface area contributed by atoms with Crippen molar-refractivity contribution in [2.24, 2.45) is 0 Å². The molecular weight excluding hydrogens is 463 g/mol. The molecule has 4 rings (SSSR count). The maximum atomic E-state index is 12.8. The van der Waals surface area contributed by atoms with Crippen LogP contribution in [0.4, 0.5) is 30.2 Å². The number of hydrogen-bond acceptors (Lipinski definition) is 4. The quantitative estimate of drug-likeness (QED) is 0.496. The van der Waals surface area contributed by atoms with Crippen molar-refractivity contribution in [2.45, 2.75) is 11.6 Å². The summed E-state index contributed by atoms with van der Waals surface area (Å²) in [5, 5.41) is 2.46. The van der Waals surface area contributed by atoms with Gasteiger partial charge in [-0.1, -0.05) is 12.1 Å². The van der Waals surface area contributed by atoms with Gasteiger partial charge in [0.2, 0.25) is 5.91 Å². The second-order valence-electron chi connectivity index (χ2n) is 7.99. The highest BCUT2D eigenvalue weighted by Crippen LogP contribution is 2.42. The maximum absolute atomic E-state index is 12.8. The Morgan fingerprint density at radius 1 is 1.03 bits per heavy atom. The highest BCUT2D eigenvalue weighted by Gasteiger charge is 2.34. The summed E-state index contributed by atoms with van der Waals surface area (Å²) >= 11 is 1.49. The second kappa shape index (κ2) is 9.42. The summed E-state index contributed by atoms with van der Waals surface area (Å²) in [5.41, 5.74) is 2.43. The number of amides is 2. The largest absolute Gasteiger partial charge is 0.416 e. The molecule has 5 nitrogen and oxygen atoms in total. The number of benzene rings is 3. The number of alkyl halides is 3. The molecule has 0 bridgehead atoms. The molecule has 1 atom stereocenters. The number of anilines is 3. The Balaban J connectivity index is 1.53. The van der Waals surface area contributed by atoms with Crippen LogP contribution in [-0.4, -0.2) is 31.7 Å². The van der Waals surface area contributed by atoms with Crippen molar-refractivity contribution in [1.29, 1.82) is 0 Å². The predicted molar refractivity (Wildman–Crippen MR) is 129 cm³/mol. The number of hydrogen-bond donors (Lipinski definition) is 1. The zero-order valence-electron chi connectivity index (χ0n) is 18.5. The molecule has 1 aliphatic heterocycles. The lowest BCUT2D eigenvalue weighted by Gasteiger charge is -2.25. The topological polar surface area (TPSA) is 52.6 Å². The molecule has 176 valence electrons. The smallest absolute Gasteiger partial charge is 0.378 e. The number of carbonyl (C=O) groups excluding carboxylic acids is 2. The Labute approximate surface area is 199 Å². The van der Waals surface area contributed by atoms with Crippen molar-refractivity contribution >= 4 is 40.6 Å². The first-order chi connectivity index (χ1) is 16.1. The molecule has 0 saturated carbocycles. The first-order valence-corrected chi connectivity index (χ1v) is 11.5. The highest BCUT2D eigenvalue weighted by atomic mass is 32.2. The van der Waals surface area contributed by atoms with Gasteiger partial charge in [0.05, 0.1) is 11.3 Å². The molecule has 0 radical (unpaired) electrons. The van der Waals surface area contributed by atoms with Gasteiger partial charge in [-0.3, -0.25) is 14.5 Å². The SMILES string of the molecule is CN(C)c1ccc(N2C(=O)CS[C@H]2c2cccc(NC(=O)c3ccc(C(F)(F)F)cc3)c2)cc1. The van der Waals surface area contributed by atoms with E-state index in [0.29, 0.717) is 11.4 Å². The Morgan fingerprint density at radius 2 is 1.71 bits per heavy atom. The molecule has 1 aliphatic rings. The number of rotatable bonds is 5. The van der Waals surface area contributed by atoms with Gasteiger partial charge in [-0.25, -0.2) is 0 Å².